The zero-order chi connectivity index (χ0) is 21.9. The molecule has 0 bridgehead atoms. The van der Waals surface area contributed by atoms with Crippen LogP contribution in [0.15, 0.2) is 47.5 Å². The van der Waals surface area contributed by atoms with Gasteiger partial charge >= 0.3 is 0 Å². The van der Waals surface area contributed by atoms with Gasteiger partial charge in [-0.25, -0.2) is 4.99 Å². The van der Waals surface area contributed by atoms with Gasteiger partial charge in [0.2, 0.25) is 0 Å². The summed E-state index contributed by atoms with van der Waals surface area (Å²) in [6.07, 6.45) is 0.892. The SMILES string of the molecule is CCNC(=NCc1cccc(C(=O)NC(C)CC)c1)Nc1ccc(OC)c(OC)c1.I. The zero-order valence-corrected chi connectivity index (χ0v) is 21.2. The second-order valence-corrected chi connectivity index (χ2v) is 6.87. The molecule has 0 saturated carbocycles. The van der Waals surface area contributed by atoms with E-state index in [4.69, 9.17) is 9.47 Å². The lowest BCUT2D eigenvalue weighted by Crippen LogP contribution is -2.32. The standard InChI is InChI=1S/C23H32N4O3.HI/c1-6-16(3)26-22(28)18-10-8-9-17(13-18)15-25-23(24-7-2)27-19-11-12-20(29-4)21(14-19)30-5;/h8-14,16H,6-7,15H2,1-5H3,(H,26,28)(H2,24,25,27);1H. The molecule has 0 saturated heterocycles. The normalized spacial score (nSPS) is 11.7. The number of aliphatic imine (C=N–C) groups is 1. The van der Waals surface area contributed by atoms with Crippen LogP contribution in [0.4, 0.5) is 5.69 Å². The number of anilines is 1. The Morgan fingerprint density at radius 2 is 1.81 bits per heavy atom. The molecule has 0 fully saturated rings. The third-order valence-electron chi connectivity index (χ3n) is 4.59. The van der Waals surface area contributed by atoms with Crippen LogP contribution in [0.25, 0.3) is 0 Å². The number of hydrogen-bond acceptors (Lipinski definition) is 4. The van der Waals surface area contributed by atoms with E-state index in [-0.39, 0.29) is 35.9 Å². The molecule has 7 nitrogen and oxygen atoms in total. The fraction of sp³-hybridized carbons (Fsp3) is 0.391. The molecule has 0 aromatic heterocycles. The lowest BCUT2D eigenvalue weighted by atomic mass is 10.1. The molecule has 0 radical (unpaired) electrons. The number of methoxy groups -OCH3 is 2. The van der Waals surface area contributed by atoms with E-state index in [1.54, 1.807) is 14.2 Å². The molecule has 3 N–H and O–H groups in total. The summed E-state index contributed by atoms with van der Waals surface area (Å²) in [6, 6.07) is 13.3. The smallest absolute Gasteiger partial charge is 0.251 e. The van der Waals surface area contributed by atoms with Crippen LogP contribution in [0, 0.1) is 0 Å². The van der Waals surface area contributed by atoms with Crippen LogP contribution in [0.1, 0.15) is 43.1 Å². The van der Waals surface area contributed by atoms with E-state index in [0.29, 0.717) is 29.6 Å². The zero-order valence-electron chi connectivity index (χ0n) is 18.8. The van der Waals surface area contributed by atoms with Crippen molar-refractivity contribution in [3.05, 3.63) is 53.6 Å². The molecular weight excluding hydrogens is 507 g/mol. The van der Waals surface area contributed by atoms with Gasteiger partial charge in [-0.1, -0.05) is 19.1 Å². The van der Waals surface area contributed by atoms with E-state index < -0.39 is 0 Å². The monoisotopic (exact) mass is 540 g/mol. The van der Waals surface area contributed by atoms with Crippen LogP contribution in [0.5, 0.6) is 11.5 Å². The molecule has 2 aromatic rings. The Hall–Kier alpha value is -2.49. The highest BCUT2D eigenvalue weighted by Gasteiger charge is 2.09. The number of ether oxygens (including phenoxy) is 2. The number of rotatable bonds is 9. The Bertz CT molecular complexity index is 874. The molecule has 8 heteroatoms. The highest BCUT2D eigenvalue weighted by atomic mass is 127. The number of halogens is 1. The number of nitrogens with zero attached hydrogens (tertiary/aromatic N) is 1. The molecule has 1 atom stereocenters. The largest absolute Gasteiger partial charge is 0.493 e. The maximum atomic E-state index is 12.4. The van der Waals surface area contributed by atoms with Crippen molar-refractivity contribution in [2.24, 2.45) is 4.99 Å². The Morgan fingerprint density at radius 3 is 2.45 bits per heavy atom. The minimum atomic E-state index is -0.0643. The number of carbonyl (C=O) groups excluding carboxylic acids is 1. The Labute approximate surface area is 202 Å². The molecule has 0 aliphatic heterocycles. The first-order valence-electron chi connectivity index (χ1n) is 10.2. The number of hydrogen-bond donors (Lipinski definition) is 3. The second kappa shape index (κ2) is 13.7. The first kappa shape index (κ1) is 26.5. The summed E-state index contributed by atoms with van der Waals surface area (Å²) < 4.78 is 10.6. The van der Waals surface area contributed by atoms with Crippen molar-refractivity contribution in [1.82, 2.24) is 10.6 Å². The maximum absolute atomic E-state index is 12.4. The number of carbonyl (C=O) groups is 1. The summed E-state index contributed by atoms with van der Waals surface area (Å²) in [5.74, 6) is 1.88. The van der Waals surface area contributed by atoms with Gasteiger partial charge in [0.15, 0.2) is 17.5 Å². The van der Waals surface area contributed by atoms with Crippen LogP contribution in [0.2, 0.25) is 0 Å². The van der Waals surface area contributed by atoms with Crippen LogP contribution >= 0.6 is 24.0 Å². The van der Waals surface area contributed by atoms with E-state index in [1.165, 1.54) is 0 Å². The fourth-order valence-corrected chi connectivity index (χ4v) is 2.75. The third-order valence-corrected chi connectivity index (χ3v) is 4.59. The lowest BCUT2D eigenvalue weighted by Gasteiger charge is -2.14. The molecule has 1 amide bonds. The first-order valence-corrected chi connectivity index (χ1v) is 10.2. The summed E-state index contributed by atoms with van der Waals surface area (Å²) in [5, 5.41) is 9.49. The van der Waals surface area contributed by atoms with Crippen molar-refractivity contribution in [3.63, 3.8) is 0 Å². The van der Waals surface area contributed by atoms with Gasteiger partial charge in [0.1, 0.15) is 0 Å². The molecule has 1 unspecified atom stereocenters. The minimum absolute atomic E-state index is 0. The maximum Gasteiger partial charge on any atom is 0.251 e. The van der Waals surface area contributed by atoms with Crippen LogP contribution in [-0.2, 0) is 6.54 Å². The topological polar surface area (TPSA) is 84.0 Å². The number of benzene rings is 2. The highest BCUT2D eigenvalue weighted by Crippen LogP contribution is 2.29. The van der Waals surface area contributed by atoms with Gasteiger partial charge in [-0.3, -0.25) is 4.79 Å². The molecular formula is C23H33IN4O3. The van der Waals surface area contributed by atoms with Gasteiger partial charge in [-0.15, -0.1) is 24.0 Å². The molecule has 0 heterocycles. The van der Waals surface area contributed by atoms with Crippen LogP contribution < -0.4 is 25.4 Å². The molecule has 0 aliphatic rings. The van der Waals surface area contributed by atoms with Crippen molar-refractivity contribution in [1.29, 1.82) is 0 Å². The number of amides is 1. The molecule has 2 rings (SSSR count). The van der Waals surface area contributed by atoms with Crippen molar-refractivity contribution in [2.45, 2.75) is 39.8 Å². The Kier molecular flexibility index (Phi) is 11.8. The van der Waals surface area contributed by atoms with E-state index in [0.717, 1.165) is 24.2 Å². The van der Waals surface area contributed by atoms with E-state index in [9.17, 15) is 4.79 Å². The van der Waals surface area contributed by atoms with Crippen molar-refractivity contribution in [2.75, 3.05) is 26.1 Å². The van der Waals surface area contributed by atoms with Gasteiger partial charge in [-0.2, -0.15) is 0 Å². The number of nitrogens with one attached hydrogen (secondary N) is 3. The van der Waals surface area contributed by atoms with E-state index in [1.807, 2.05) is 63.2 Å². The van der Waals surface area contributed by atoms with Gasteiger partial charge in [0.25, 0.3) is 5.91 Å². The van der Waals surface area contributed by atoms with Crippen molar-refractivity contribution in [3.8, 4) is 11.5 Å². The molecule has 2 aromatic carbocycles. The summed E-state index contributed by atoms with van der Waals surface area (Å²) in [5.41, 5.74) is 2.42. The van der Waals surface area contributed by atoms with Crippen molar-refractivity contribution >= 4 is 41.5 Å². The number of guanidine groups is 1. The molecule has 0 spiro atoms. The summed E-state index contributed by atoms with van der Waals surface area (Å²) in [6.45, 7) is 7.20. The van der Waals surface area contributed by atoms with Crippen LogP contribution in [0.3, 0.4) is 0 Å². The summed E-state index contributed by atoms with van der Waals surface area (Å²) >= 11 is 0. The Balaban J connectivity index is 0.00000480. The summed E-state index contributed by atoms with van der Waals surface area (Å²) in [7, 11) is 3.21. The van der Waals surface area contributed by atoms with Crippen molar-refractivity contribution < 1.29 is 14.3 Å². The predicted molar refractivity (Wildman–Crippen MR) is 137 cm³/mol. The van der Waals surface area contributed by atoms with Gasteiger partial charge in [-0.05, 0) is 50.1 Å². The fourth-order valence-electron chi connectivity index (χ4n) is 2.75. The van der Waals surface area contributed by atoms with Gasteiger partial charge < -0.3 is 25.4 Å². The molecule has 31 heavy (non-hydrogen) atoms. The van der Waals surface area contributed by atoms with Gasteiger partial charge in [0.05, 0.1) is 20.8 Å². The van der Waals surface area contributed by atoms with Crippen LogP contribution in [-0.4, -0.2) is 38.7 Å². The van der Waals surface area contributed by atoms with E-state index >= 15 is 0 Å². The predicted octanol–water partition coefficient (Wildman–Crippen LogP) is 4.43. The molecule has 0 aliphatic carbocycles. The molecule has 170 valence electrons. The Morgan fingerprint density at radius 1 is 1.06 bits per heavy atom. The average molecular weight is 540 g/mol. The lowest BCUT2D eigenvalue weighted by molar-refractivity contribution is 0.0939. The minimum Gasteiger partial charge on any atom is -0.493 e. The summed E-state index contributed by atoms with van der Waals surface area (Å²) in [4.78, 5) is 17.0. The third kappa shape index (κ3) is 8.28. The average Bonchev–Trinajstić information content (AvgIpc) is 2.77. The van der Waals surface area contributed by atoms with E-state index in [2.05, 4.69) is 20.9 Å². The second-order valence-electron chi connectivity index (χ2n) is 6.87. The highest BCUT2D eigenvalue weighted by molar-refractivity contribution is 14.0. The quantitative estimate of drug-likeness (QED) is 0.249. The first-order chi connectivity index (χ1) is 14.5. The van der Waals surface area contributed by atoms with Gasteiger partial charge in [0, 0.05) is 29.9 Å².